The number of aliphatic hydroxyl groups excluding tert-OH is 1. The molecule has 0 aliphatic carbocycles. The Morgan fingerprint density at radius 1 is 1.33 bits per heavy atom. The number of hydrogen-bond acceptors (Lipinski definition) is 7. The number of hydrogen-bond donors (Lipinski definition) is 3. The smallest absolute Gasteiger partial charge is 0.255 e. The maximum atomic E-state index is 12.4. The molecule has 1 aromatic carbocycles. The monoisotopic (exact) mass is 443 g/mol. The van der Waals surface area contributed by atoms with Crippen molar-refractivity contribution < 1.29 is 27.8 Å². The van der Waals surface area contributed by atoms with Gasteiger partial charge in [0.2, 0.25) is 10.0 Å². The topological polar surface area (TPSA) is 131 Å². The van der Waals surface area contributed by atoms with Crippen molar-refractivity contribution in [2.75, 3.05) is 46.5 Å². The number of fused-ring (bicyclic) bond motifs is 3. The molecule has 3 aliphatic heterocycles. The van der Waals surface area contributed by atoms with Gasteiger partial charge in [0, 0.05) is 26.3 Å². The normalized spacial score (nSPS) is 22.7. The largest absolute Gasteiger partial charge is 0.496 e. The minimum absolute atomic E-state index is 0.126. The number of nitrogens with zero attached hydrogens (tertiary/aromatic N) is 1. The van der Waals surface area contributed by atoms with Crippen molar-refractivity contribution in [3.05, 3.63) is 23.8 Å². The van der Waals surface area contributed by atoms with Crippen molar-refractivity contribution >= 4 is 15.9 Å². The number of piperidine rings is 3. The molecule has 0 aromatic heterocycles. The second kappa shape index (κ2) is 11.6. The Kier molecular flexibility index (Phi) is 9.50. The predicted molar refractivity (Wildman–Crippen MR) is 113 cm³/mol. The van der Waals surface area contributed by atoms with Gasteiger partial charge in [-0.15, -0.1) is 0 Å². The predicted octanol–water partition coefficient (Wildman–Crippen LogP) is 0.572. The van der Waals surface area contributed by atoms with Crippen molar-refractivity contribution in [2.24, 2.45) is 11.1 Å². The zero-order valence-corrected chi connectivity index (χ0v) is 18.5. The first kappa shape index (κ1) is 24.5. The van der Waals surface area contributed by atoms with Crippen LogP contribution in [-0.2, 0) is 14.8 Å². The van der Waals surface area contributed by atoms with E-state index < -0.39 is 15.9 Å². The van der Waals surface area contributed by atoms with Crippen LogP contribution in [0, 0.1) is 5.92 Å². The van der Waals surface area contributed by atoms with Gasteiger partial charge in [-0.2, -0.15) is 0 Å². The van der Waals surface area contributed by atoms with Crippen LogP contribution in [0.4, 0.5) is 0 Å². The quantitative estimate of drug-likeness (QED) is 0.501. The first-order chi connectivity index (χ1) is 14.3. The molecule has 0 saturated carbocycles. The zero-order chi connectivity index (χ0) is 22.1. The molecule has 10 heteroatoms. The molecule has 30 heavy (non-hydrogen) atoms. The van der Waals surface area contributed by atoms with E-state index in [1.54, 1.807) is 6.92 Å². The summed E-state index contributed by atoms with van der Waals surface area (Å²) in [6, 6.07) is 3.96. The fourth-order valence-electron chi connectivity index (χ4n) is 3.75. The molecule has 4 rings (SSSR count). The molecule has 1 unspecified atom stereocenters. The summed E-state index contributed by atoms with van der Waals surface area (Å²) in [6.07, 6.45) is 3.41. The number of carbonyl (C=O) groups is 1. The van der Waals surface area contributed by atoms with E-state index in [1.165, 1.54) is 51.2 Å². The van der Waals surface area contributed by atoms with E-state index >= 15 is 0 Å². The lowest BCUT2D eigenvalue weighted by atomic mass is 9.86. The van der Waals surface area contributed by atoms with Gasteiger partial charge in [0.1, 0.15) is 5.75 Å². The molecular weight excluding hydrogens is 410 g/mol. The van der Waals surface area contributed by atoms with E-state index in [0.717, 1.165) is 6.54 Å². The van der Waals surface area contributed by atoms with Crippen molar-refractivity contribution in [1.82, 2.24) is 10.2 Å². The molecule has 3 saturated heterocycles. The number of nitrogens with two attached hydrogens (primary N) is 1. The van der Waals surface area contributed by atoms with Crippen molar-refractivity contribution in [3.8, 4) is 5.75 Å². The number of ether oxygens (including phenoxy) is 2. The van der Waals surface area contributed by atoms with E-state index in [1.807, 2.05) is 0 Å². The van der Waals surface area contributed by atoms with E-state index in [2.05, 4.69) is 10.2 Å². The summed E-state index contributed by atoms with van der Waals surface area (Å²) >= 11 is 0. The maximum Gasteiger partial charge on any atom is 0.255 e. The van der Waals surface area contributed by atoms with Gasteiger partial charge < -0.3 is 24.8 Å². The van der Waals surface area contributed by atoms with Crippen LogP contribution in [0.25, 0.3) is 0 Å². The number of primary sulfonamides is 1. The SMILES string of the molecule is CCO.COc1ccc(S(N)(=O)=O)cc1C(=O)NCCCOC1CN2CCC1CC2. The molecule has 1 amide bonds. The number of sulfonamides is 1. The first-order valence-electron chi connectivity index (χ1n) is 10.2. The molecule has 1 aromatic rings. The Hall–Kier alpha value is -1.72. The average Bonchev–Trinajstić information content (AvgIpc) is 2.73. The summed E-state index contributed by atoms with van der Waals surface area (Å²) in [5, 5.41) is 15.5. The molecule has 3 fully saturated rings. The Labute approximate surface area is 178 Å². The standard InChI is InChI=1S/C18H27N3O5S.C2H6O/c1-25-16-4-3-14(27(19,23)24)11-15(16)18(22)20-7-2-10-26-17-12-21-8-5-13(17)6-9-21;1-2-3/h3-4,11,13,17H,2,5-10,12H2,1H3,(H,20,22)(H2,19,23,24);3H,2H2,1H3. The van der Waals surface area contributed by atoms with E-state index in [4.69, 9.17) is 19.7 Å². The molecule has 3 aliphatic rings. The number of rotatable bonds is 8. The van der Waals surface area contributed by atoms with E-state index in [0.29, 0.717) is 37.3 Å². The Balaban J connectivity index is 0.00000101. The number of nitrogens with one attached hydrogen (secondary N) is 1. The third-order valence-electron chi connectivity index (χ3n) is 5.28. The van der Waals surface area contributed by atoms with Gasteiger partial charge >= 0.3 is 0 Å². The molecule has 4 N–H and O–H groups in total. The highest BCUT2D eigenvalue weighted by Crippen LogP contribution is 2.29. The minimum Gasteiger partial charge on any atom is -0.496 e. The summed E-state index contributed by atoms with van der Waals surface area (Å²) in [4.78, 5) is 14.7. The molecule has 0 spiro atoms. The molecule has 9 nitrogen and oxygen atoms in total. The van der Waals surface area contributed by atoms with Crippen LogP contribution in [0.1, 0.15) is 36.5 Å². The van der Waals surface area contributed by atoms with Crippen molar-refractivity contribution in [2.45, 2.75) is 37.2 Å². The van der Waals surface area contributed by atoms with Gasteiger partial charge in [-0.1, -0.05) is 0 Å². The van der Waals surface area contributed by atoms with Gasteiger partial charge in [0.05, 0.1) is 23.7 Å². The molecule has 170 valence electrons. The van der Waals surface area contributed by atoms with Crippen LogP contribution in [-0.4, -0.2) is 76.9 Å². The van der Waals surface area contributed by atoms with Crippen LogP contribution >= 0.6 is 0 Å². The van der Waals surface area contributed by atoms with Gasteiger partial charge in [-0.3, -0.25) is 4.79 Å². The summed E-state index contributed by atoms with van der Waals surface area (Å²) in [5.41, 5.74) is 0.141. The van der Waals surface area contributed by atoms with Crippen LogP contribution in [0.15, 0.2) is 23.1 Å². The minimum atomic E-state index is -3.89. The lowest BCUT2D eigenvalue weighted by Crippen LogP contribution is -2.51. The molecular formula is C20H33N3O6S. The second-order valence-electron chi connectivity index (χ2n) is 7.38. The average molecular weight is 444 g/mol. The lowest BCUT2D eigenvalue weighted by Gasteiger charge is -2.44. The number of carbonyl (C=O) groups excluding carboxylic acids is 1. The number of methoxy groups -OCH3 is 1. The summed E-state index contributed by atoms with van der Waals surface area (Å²) in [5.74, 6) is 0.554. The summed E-state index contributed by atoms with van der Waals surface area (Å²) < 4.78 is 34.1. The fourth-order valence-corrected chi connectivity index (χ4v) is 4.29. The number of benzene rings is 1. The maximum absolute atomic E-state index is 12.4. The first-order valence-corrected chi connectivity index (χ1v) is 11.8. The molecule has 1 atom stereocenters. The van der Waals surface area contributed by atoms with Crippen LogP contribution in [0.5, 0.6) is 5.75 Å². The van der Waals surface area contributed by atoms with Crippen LogP contribution in [0.3, 0.4) is 0 Å². The van der Waals surface area contributed by atoms with Gasteiger partial charge in [-0.05, 0) is 63.4 Å². The summed E-state index contributed by atoms with van der Waals surface area (Å²) in [7, 11) is -2.47. The van der Waals surface area contributed by atoms with Crippen LogP contribution < -0.4 is 15.2 Å². The highest BCUT2D eigenvalue weighted by molar-refractivity contribution is 7.89. The Bertz CT molecular complexity index is 794. The van der Waals surface area contributed by atoms with Crippen molar-refractivity contribution in [3.63, 3.8) is 0 Å². The Morgan fingerprint density at radius 3 is 2.53 bits per heavy atom. The summed E-state index contributed by atoms with van der Waals surface area (Å²) in [6.45, 7) is 6.32. The second-order valence-corrected chi connectivity index (χ2v) is 8.94. The highest BCUT2D eigenvalue weighted by atomic mass is 32.2. The van der Waals surface area contributed by atoms with Crippen LogP contribution in [0.2, 0.25) is 0 Å². The number of aliphatic hydroxyl groups is 1. The van der Waals surface area contributed by atoms with Crippen molar-refractivity contribution in [1.29, 1.82) is 0 Å². The highest BCUT2D eigenvalue weighted by Gasteiger charge is 2.34. The molecule has 2 bridgehead atoms. The lowest BCUT2D eigenvalue weighted by molar-refractivity contribution is -0.0696. The molecule has 0 radical (unpaired) electrons. The molecule has 3 heterocycles. The van der Waals surface area contributed by atoms with Gasteiger partial charge in [0.15, 0.2) is 0 Å². The number of amides is 1. The van der Waals surface area contributed by atoms with Gasteiger partial charge in [-0.25, -0.2) is 13.6 Å². The zero-order valence-electron chi connectivity index (χ0n) is 17.7. The van der Waals surface area contributed by atoms with Gasteiger partial charge in [0.25, 0.3) is 5.91 Å². The third-order valence-corrected chi connectivity index (χ3v) is 6.19. The van der Waals surface area contributed by atoms with E-state index in [9.17, 15) is 13.2 Å². The van der Waals surface area contributed by atoms with E-state index in [-0.39, 0.29) is 17.1 Å². The third kappa shape index (κ3) is 6.92. The Morgan fingerprint density at radius 2 is 2.00 bits per heavy atom. The fraction of sp³-hybridized carbons (Fsp3) is 0.650.